The minimum atomic E-state index is -4.52. The first kappa shape index (κ1) is 25.7. The van der Waals surface area contributed by atoms with E-state index < -0.39 is 11.7 Å². The van der Waals surface area contributed by atoms with Crippen molar-refractivity contribution in [3.8, 4) is 0 Å². The van der Waals surface area contributed by atoms with Gasteiger partial charge in [-0.3, -0.25) is 4.79 Å². The third kappa shape index (κ3) is 6.63. The fourth-order valence-corrected chi connectivity index (χ4v) is 5.36. The molecular formula is C24H33F3N6OS. The van der Waals surface area contributed by atoms with E-state index in [4.69, 9.17) is 4.98 Å². The summed E-state index contributed by atoms with van der Waals surface area (Å²) in [6.07, 6.45) is 1.87. The summed E-state index contributed by atoms with van der Waals surface area (Å²) in [6.45, 7) is 4.75. The Hall–Kier alpha value is -2.40. The summed E-state index contributed by atoms with van der Waals surface area (Å²) in [7, 11) is 2.11. The summed E-state index contributed by atoms with van der Waals surface area (Å²) in [5.74, 6) is 1.50. The minimum Gasteiger partial charge on any atom is -0.384 e. The lowest BCUT2D eigenvalue weighted by molar-refractivity contribution is -0.137. The van der Waals surface area contributed by atoms with Crippen LogP contribution < -0.4 is 16.0 Å². The van der Waals surface area contributed by atoms with Crippen molar-refractivity contribution in [3.05, 3.63) is 27.7 Å². The minimum absolute atomic E-state index is 0.0382. The van der Waals surface area contributed by atoms with E-state index in [9.17, 15) is 18.0 Å². The first-order chi connectivity index (χ1) is 16.7. The Morgan fingerprint density at radius 1 is 1.20 bits per heavy atom. The molecule has 1 aliphatic carbocycles. The van der Waals surface area contributed by atoms with E-state index in [0.29, 0.717) is 37.1 Å². The fourth-order valence-electron chi connectivity index (χ4n) is 4.32. The number of thiazole rings is 1. The van der Waals surface area contributed by atoms with Crippen LogP contribution in [0, 0.1) is 12.8 Å². The van der Waals surface area contributed by atoms with Crippen LogP contribution >= 0.6 is 11.3 Å². The summed E-state index contributed by atoms with van der Waals surface area (Å²) in [5, 5.41) is 9.92. The largest absolute Gasteiger partial charge is 0.419 e. The molecule has 0 unspecified atom stereocenters. The van der Waals surface area contributed by atoms with Crippen LogP contribution in [0.15, 0.2) is 12.3 Å². The number of alkyl halides is 3. The Morgan fingerprint density at radius 2 is 1.94 bits per heavy atom. The van der Waals surface area contributed by atoms with Gasteiger partial charge in [0.05, 0.1) is 16.3 Å². The van der Waals surface area contributed by atoms with Gasteiger partial charge in [-0.25, -0.2) is 9.97 Å². The number of halogens is 3. The summed E-state index contributed by atoms with van der Waals surface area (Å²) in [6, 6.07) is 1.38. The van der Waals surface area contributed by atoms with Gasteiger partial charge in [0, 0.05) is 42.1 Å². The number of pyridine rings is 1. The molecule has 1 amide bonds. The molecule has 1 saturated carbocycles. The molecule has 3 heterocycles. The number of hydrogen-bond acceptors (Lipinski definition) is 7. The van der Waals surface area contributed by atoms with Crippen molar-refractivity contribution < 1.29 is 18.0 Å². The molecule has 0 spiro atoms. The van der Waals surface area contributed by atoms with Crippen LogP contribution in [-0.4, -0.2) is 54.0 Å². The number of carbonyl (C=O) groups excluding carboxylic acids is 1. The molecule has 35 heavy (non-hydrogen) atoms. The number of nitrogens with one attached hydrogen (secondary N) is 3. The van der Waals surface area contributed by atoms with Gasteiger partial charge in [0.15, 0.2) is 0 Å². The van der Waals surface area contributed by atoms with Crippen molar-refractivity contribution in [1.29, 1.82) is 0 Å². The molecule has 0 aromatic carbocycles. The van der Waals surface area contributed by atoms with E-state index in [0.717, 1.165) is 61.3 Å². The molecule has 7 nitrogen and oxygen atoms in total. The zero-order chi connectivity index (χ0) is 25.0. The lowest BCUT2D eigenvalue weighted by Gasteiger charge is -2.27. The van der Waals surface area contributed by atoms with Gasteiger partial charge < -0.3 is 20.9 Å². The van der Waals surface area contributed by atoms with Crippen molar-refractivity contribution in [2.75, 3.05) is 43.9 Å². The van der Waals surface area contributed by atoms with Crippen LogP contribution in [0.3, 0.4) is 0 Å². The van der Waals surface area contributed by atoms with E-state index in [1.165, 1.54) is 6.07 Å². The van der Waals surface area contributed by atoms with E-state index in [-0.39, 0.29) is 17.5 Å². The number of hydrogen-bond donors (Lipinski definition) is 3. The summed E-state index contributed by atoms with van der Waals surface area (Å²) in [4.78, 5) is 23.9. The van der Waals surface area contributed by atoms with Crippen molar-refractivity contribution in [3.63, 3.8) is 0 Å². The van der Waals surface area contributed by atoms with Crippen molar-refractivity contribution >= 4 is 34.6 Å². The Labute approximate surface area is 207 Å². The maximum atomic E-state index is 13.6. The smallest absolute Gasteiger partial charge is 0.384 e. The summed E-state index contributed by atoms with van der Waals surface area (Å²) >= 11 is 1.63. The maximum absolute atomic E-state index is 13.6. The van der Waals surface area contributed by atoms with Gasteiger partial charge in [-0.1, -0.05) is 6.42 Å². The molecule has 4 rings (SSSR count). The molecule has 2 aromatic heterocycles. The Kier molecular flexibility index (Phi) is 8.16. The molecule has 0 bridgehead atoms. The lowest BCUT2D eigenvalue weighted by Crippen LogP contribution is -2.35. The molecule has 3 N–H and O–H groups in total. The monoisotopic (exact) mass is 510 g/mol. The van der Waals surface area contributed by atoms with E-state index in [1.807, 2.05) is 6.92 Å². The van der Waals surface area contributed by atoms with Crippen molar-refractivity contribution in [1.82, 2.24) is 20.2 Å². The highest BCUT2D eigenvalue weighted by Crippen LogP contribution is 2.37. The van der Waals surface area contributed by atoms with E-state index in [2.05, 4.69) is 32.9 Å². The van der Waals surface area contributed by atoms with E-state index >= 15 is 0 Å². The molecule has 1 saturated heterocycles. The van der Waals surface area contributed by atoms with Gasteiger partial charge in [-0.05, 0) is 59.2 Å². The number of anilines is 3. The van der Waals surface area contributed by atoms with Crippen LogP contribution in [0.25, 0.3) is 0 Å². The summed E-state index contributed by atoms with van der Waals surface area (Å²) < 4.78 is 40.7. The molecule has 2 aliphatic rings. The molecule has 0 atom stereocenters. The fraction of sp³-hybridized carbons (Fsp3) is 0.625. The molecule has 2 fully saturated rings. The quantitative estimate of drug-likeness (QED) is 0.406. The topological polar surface area (TPSA) is 82.2 Å². The van der Waals surface area contributed by atoms with Gasteiger partial charge in [-0.2, -0.15) is 13.2 Å². The van der Waals surface area contributed by atoms with Crippen LogP contribution in [0.2, 0.25) is 0 Å². The van der Waals surface area contributed by atoms with Crippen LogP contribution in [-0.2, 0) is 11.0 Å². The average molecular weight is 511 g/mol. The molecule has 192 valence electrons. The van der Waals surface area contributed by atoms with Crippen LogP contribution in [0.1, 0.15) is 59.9 Å². The highest BCUT2D eigenvalue weighted by molar-refractivity contribution is 7.12. The molecule has 1 aliphatic heterocycles. The molecule has 2 aromatic rings. The lowest BCUT2D eigenvalue weighted by atomic mass is 9.85. The molecular weight excluding hydrogens is 477 g/mol. The normalized spacial score (nSPS) is 17.7. The number of aryl methyl sites for hydroxylation is 1. The number of carbonyl (C=O) groups is 1. The second-order valence-corrected chi connectivity index (χ2v) is 10.7. The highest BCUT2D eigenvalue weighted by Gasteiger charge is 2.34. The van der Waals surface area contributed by atoms with Crippen LogP contribution in [0.5, 0.6) is 0 Å². The average Bonchev–Trinajstić information content (AvgIpc) is 3.12. The first-order valence-electron chi connectivity index (χ1n) is 12.2. The van der Waals surface area contributed by atoms with Crippen LogP contribution in [0.4, 0.5) is 30.5 Å². The number of likely N-dealkylation sites (tertiary alicyclic amines) is 1. The van der Waals surface area contributed by atoms with Gasteiger partial charge in [0.25, 0.3) is 0 Å². The van der Waals surface area contributed by atoms with Crippen molar-refractivity contribution in [2.24, 2.45) is 5.92 Å². The van der Waals surface area contributed by atoms with Gasteiger partial charge in [-0.15, -0.1) is 11.3 Å². The third-order valence-corrected chi connectivity index (χ3v) is 7.91. The third-order valence-electron chi connectivity index (χ3n) is 6.78. The van der Waals surface area contributed by atoms with Gasteiger partial charge in [0.1, 0.15) is 11.6 Å². The standard InChI is InChI=1S/C24H33F3N6OS/c1-15-21(32-23(35-15)17-7-11-33(2)12-8-17)31-20-13-19(18(14-30-20)24(25,26)27)28-9-4-10-29-22(34)16-5-3-6-16/h13-14,16-17H,3-12H2,1-2H3,(H,29,34)(H2,28,30,31). The molecule has 0 radical (unpaired) electrons. The second kappa shape index (κ2) is 11.1. The summed E-state index contributed by atoms with van der Waals surface area (Å²) in [5.41, 5.74) is -0.854. The SMILES string of the molecule is Cc1sc(C2CCN(C)CC2)nc1Nc1cc(NCCCNC(=O)C2CCC2)c(C(F)(F)F)cn1. The Balaban J connectivity index is 1.38. The maximum Gasteiger partial charge on any atom is 0.419 e. The number of rotatable bonds is 9. The van der Waals surface area contributed by atoms with Gasteiger partial charge in [0.2, 0.25) is 5.91 Å². The number of aromatic nitrogens is 2. The van der Waals surface area contributed by atoms with Gasteiger partial charge >= 0.3 is 6.18 Å². The second-order valence-electron chi connectivity index (χ2n) is 9.47. The zero-order valence-corrected chi connectivity index (χ0v) is 21.0. The van der Waals surface area contributed by atoms with E-state index in [1.54, 1.807) is 11.3 Å². The first-order valence-corrected chi connectivity index (χ1v) is 13.0. The number of nitrogens with zero attached hydrogens (tertiary/aromatic N) is 3. The number of piperidine rings is 1. The predicted octanol–water partition coefficient (Wildman–Crippen LogP) is 5.14. The Bertz CT molecular complexity index is 1020. The Morgan fingerprint density at radius 3 is 2.60 bits per heavy atom. The predicted molar refractivity (Wildman–Crippen MR) is 132 cm³/mol. The highest BCUT2D eigenvalue weighted by atomic mass is 32.1. The van der Waals surface area contributed by atoms with Crippen molar-refractivity contribution in [2.45, 2.75) is 57.5 Å². The molecule has 11 heteroatoms. The zero-order valence-electron chi connectivity index (χ0n) is 20.2. The number of amides is 1.